The Morgan fingerprint density at radius 2 is 1.53 bits per heavy atom. The summed E-state index contributed by atoms with van der Waals surface area (Å²) in [6, 6.07) is 28.4. The molecule has 0 unspecified atom stereocenters. The molecule has 0 aliphatic heterocycles. The second kappa shape index (κ2) is 9.07. The van der Waals surface area contributed by atoms with Gasteiger partial charge in [0.25, 0.3) is 0 Å². The summed E-state index contributed by atoms with van der Waals surface area (Å²) >= 11 is 5.83. The van der Waals surface area contributed by atoms with Crippen LogP contribution in [0, 0.1) is 4.77 Å². The van der Waals surface area contributed by atoms with Crippen LogP contribution < -0.4 is 4.74 Å². The number of hydrogen-bond acceptors (Lipinski definition) is 4. The fourth-order valence-electron chi connectivity index (χ4n) is 3.41. The zero-order chi connectivity index (χ0) is 20.9. The molecule has 0 saturated heterocycles. The number of hydrogen-bond donors (Lipinski definition) is 0. The maximum Gasteiger partial charge on any atom is 0.204 e. The molecule has 4 aromatic rings. The molecule has 0 atom stereocenters. The minimum absolute atomic E-state index is 0.588. The topological polar surface area (TPSA) is 35.2 Å². The van der Waals surface area contributed by atoms with Crippen LogP contribution in [0.3, 0.4) is 0 Å². The maximum absolute atomic E-state index is 5.83. The quantitative estimate of drug-likeness (QED) is 0.390. The second-order valence-electron chi connectivity index (χ2n) is 7.15. The normalized spacial score (nSPS) is 11.0. The molecule has 1 aromatic heterocycles. The van der Waals surface area contributed by atoms with Crippen molar-refractivity contribution in [2.24, 2.45) is 0 Å². The molecule has 5 nitrogen and oxygen atoms in total. The van der Waals surface area contributed by atoms with E-state index < -0.39 is 0 Å². The van der Waals surface area contributed by atoms with Crippen LogP contribution in [0.2, 0.25) is 0 Å². The summed E-state index contributed by atoms with van der Waals surface area (Å²) in [7, 11) is 3.74. The van der Waals surface area contributed by atoms with Crippen LogP contribution in [0.5, 0.6) is 5.75 Å². The van der Waals surface area contributed by atoms with Gasteiger partial charge in [0, 0.05) is 17.8 Å². The van der Waals surface area contributed by atoms with Crippen molar-refractivity contribution in [2.75, 3.05) is 14.2 Å². The van der Waals surface area contributed by atoms with E-state index in [9.17, 15) is 0 Å². The van der Waals surface area contributed by atoms with Crippen LogP contribution in [-0.4, -0.2) is 33.4 Å². The van der Waals surface area contributed by atoms with Crippen molar-refractivity contribution in [3.63, 3.8) is 0 Å². The summed E-state index contributed by atoms with van der Waals surface area (Å²) in [5.41, 5.74) is 3.24. The maximum atomic E-state index is 5.83. The smallest absolute Gasteiger partial charge is 0.204 e. The van der Waals surface area contributed by atoms with Crippen molar-refractivity contribution >= 4 is 12.2 Å². The first-order valence-corrected chi connectivity index (χ1v) is 10.2. The molecule has 0 amide bonds. The predicted molar refractivity (Wildman–Crippen MR) is 122 cm³/mol. The van der Waals surface area contributed by atoms with E-state index in [1.54, 1.807) is 7.11 Å². The average molecular weight is 417 g/mol. The minimum Gasteiger partial charge on any atom is -0.497 e. The van der Waals surface area contributed by atoms with Gasteiger partial charge >= 0.3 is 0 Å². The van der Waals surface area contributed by atoms with Crippen LogP contribution in [0.4, 0.5) is 0 Å². The zero-order valence-electron chi connectivity index (χ0n) is 17.1. The highest BCUT2D eigenvalue weighted by molar-refractivity contribution is 7.71. The molecule has 4 rings (SSSR count). The van der Waals surface area contributed by atoms with E-state index in [0.717, 1.165) is 29.4 Å². The Bertz CT molecular complexity index is 1150. The highest BCUT2D eigenvalue weighted by Gasteiger charge is 2.15. The third-order valence-electron chi connectivity index (χ3n) is 4.87. The molecule has 3 aromatic carbocycles. The number of rotatable bonds is 7. The molecule has 0 radical (unpaired) electrons. The van der Waals surface area contributed by atoms with Gasteiger partial charge in [-0.3, -0.25) is 9.47 Å². The van der Waals surface area contributed by atoms with Gasteiger partial charge in [0.05, 0.1) is 13.8 Å². The molecule has 0 aliphatic carbocycles. The molecule has 0 spiro atoms. The molecule has 6 heteroatoms. The molecule has 0 fully saturated rings. The lowest BCUT2D eigenvalue weighted by Gasteiger charge is -2.16. The van der Waals surface area contributed by atoms with Gasteiger partial charge in [-0.15, -0.1) is 5.10 Å². The van der Waals surface area contributed by atoms with Crippen LogP contribution in [0.1, 0.15) is 5.56 Å². The molecule has 0 bridgehead atoms. The standard InChI is InChI=1S/C24H24N4OS/c1-26(17-19-13-15-22(29-2)16-14-19)18-27-24(30)28(21-11-7-4-8-12-21)23(25-27)20-9-5-3-6-10-20/h3-16H,17-18H2,1-2H3. The lowest BCUT2D eigenvalue weighted by molar-refractivity contribution is 0.244. The van der Waals surface area contributed by atoms with Crippen LogP contribution in [0.25, 0.3) is 17.1 Å². The summed E-state index contributed by atoms with van der Waals surface area (Å²) in [5, 5.41) is 4.88. The number of para-hydroxylation sites is 1. The van der Waals surface area contributed by atoms with Gasteiger partial charge in [-0.05, 0) is 49.1 Å². The van der Waals surface area contributed by atoms with Crippen LogP contribution in [0.15, 0.2) is 84.9 Å². The summed E-state index contributed by atoms with van der Waals surface area (Å²) in [4.78, 5) is 2.19. The Hall–Kier alpha value is -3.22. The third kappa shape index (κ3) is 4.35. The largest absolute Gasteiger partial charge is 0.497 e. The molecular weight excluding hydrogens is 392 g/mol. The molecule has 0 N–H and O–H groups in total. The van der Waals surface area contributed by atoms with E-state index in [1.165, 1.54) is 5.56 Å². The van der Waals surface area contributed by atoms with Gasteiger partial charge in [-0.25, -0.2) is 4.68 Å². The minimum atomic E-state index is 0.588. The van der Waals surface area contributed by atoms with E-state index in [0.29, 0.717) is 11.4 Å². The summed E-state index contributed by atoms with van der Waals surface area (Å²) in [6.07, 6.45) is 0. The van der Waals surface area contributed by atoms with Crippen molar-refractivity contribution in [3.05, 3.63) is 95.3 Å². The lowest BCUT2D eigenvalue weighted by Crippen LogP contribution is -2.22. The molecule has 152 valence electrons. The molecule has 1 heterocycles. The highest BCUT2D eigenvalue weighted by Crippen LogP contribution is 2.23. The Labute approximate surface area is 181 Å². The molecule has 0 saturated carbocycles. The highest BCUT2D eigenvalue weighted by atomic mass is 32.1. The van der Waals surface area contributed by atoms with E-state index in [1.807, 2.05) is 57.8 Å². The van der Waals surface area contributed by atoms with Crippen molar-refractivity contribution < 1.29 is 4.74 Å². The van der Waals surface area contributed by atoms with Crippen molar-refractivity contribution in [1.29, 1.82) is 0 Å². The summed E-state index contributed by atoms with van der Waals surface area (Å²) in [6.45, 7) is 1.37. The number of nitrogens with zero attached hydrogens (tertiary/aromatic N) is 4. The van der Waals surface area contributed by atoms with Crippen molar-refractivity contribution in [1.82, 2.24) is 19.2 Å². The predicted octanol–water partition coefficient (Wildman–Crippen LogP) is 5.17. The van der Waals surface area contributed by atoms with Crippen molar-refractivity contribution in [2.45, 2.75) is 13.2 Å². The first-order valence-electron chi connectivity index (χ1n) is 9.78. The monoisotopic (exact) mass is 416 g/mol. The van der Waals surface area contributed by atoms with E-state index >= 15 is 0 Å². The lowest BCUT2D eigenvalue weighted by atomic mass is 10.2. The third-order valence-corrected chi connectivity index (χ3v) is 5.27. The van der Waals surface area contributed by atoms with Gasteiger partial charge in [0.15, 0.2) is 5.82 Å². The summed E-state index contributed by atoms with van der Waals surface area (Å²) in [5.74, 6) is 1.70. The number of ether oxygens (including phenoxy) is 1. The molecule has 0 aliphatic rings. The Morgan fingerprint density at radius 3 is 2.17 bits per heavy atom. The van der Waals surface area contributed by atoms with E-state index in [2.05, 4.69) is 48.3 Å². The average Bonchev–Trinajstić information content (AvgIpc) is 3.11. The fraction of sp³-hybridized carbons (Fsp3) is 0.167. The fourth-order valence-corrected chi connectivity index (χ4v) is 3.70. The van der Waals surface area contributed by atoms with Gasteiger partial charge in [-0.1, -0.05) is 60.7 Å². The van der Waals surface area contributed by atoms with Crippen LogP contribution >= 0.6 is 12.2 Å². The van der Waals surface area contributed by atoms with E-state index in [-0.39, 0.29) is 0 Å². The van der Waals surface area contributed by atoms with Crippen LogP contribution in [-0.2, 0) is 13.2 Å². The second-order valence-corrected chi connectivity index (χ2v) is 7.51. The Morgan fingerprint density at radius 1 is 0.900 bits per heavy atom. The first kappa shape index (κ1) is 20.1. The number of benzene rings is 3. The molecular formula is C24H24N4OS. The van der Waals surface area contributed by atoms with E-state index in [4.69, 9.17) is 22.1 Å². The number of aromatic nitrogens is 3. The molecule has 30 heavy (non-hydrogen) atoms. The van der Waals surface area contributed by atoms with Gasteiger partial charge < -0.3 is 4.74 Å². The zero-order valence-corrected chi connectivity index (χ0v) is 17.9. The van der Waals surface area contributed by atoms with Crippen molar-refractivity contribution in [3.8, 4) is 22.8 Å². The Balaban J connectivity index is 1.65. The Kier molecular flexibility index (Phi) is 6.07. The van der Waals surface area contributed by atoms with Gasteiger partial charge in [0.2, 0.25) is 4.77 Å². The first-order chi connectivity index (χ1) is 14.7. The number of methoxy groups -OCH3 is 1. The SMILES string of the molecule is COc1ccc(CN(C)Cn2nc(-c3ccccc3)n(-c3ccccc3)c2=S)cc1. The van der Waals surface area contributed by atoms with Gasteiger partial charge in [-0.2, -0.15) is 0 Å². The summed E-state index contributed by atoms with van der Waals surface area (Å²) < 4.78 is 9.83. The van der Waals surface area contributed by atoms with Gasteiger partial charge in [0.1, 0.15) is 5.75 Å².